The van der Waals surface area contributed by atoms with Gasteiger partial charge in [-0.1, -0.05) is 30.6 Å². The maximum atomic E-state index is 13.5. The third kappa shape index (κ3) is 4.26. The van der Waals surface area contributed by atoms with Gasteiger partial charge < -0.3 is 14.2 Å². The van der Waals surface area contributed by atoms with Crippen LogP contribution in [0.3, 0.4) is 0 Å². The highest BCUT2D eigenvalue weighted by atomic mass is 19.4. The first kappa shape index (κ1) is 20.9. The molecule has 1 aromatic carbocycles. The molecule has 0 radical (unpaired) electrons. The molecule has 0 bridgehead atoms. The monoisotopic (exact) mass is 430 g/mol. The number of pyridine rings is 1. The molecule has 9 heteroatoms. The highest BCUT2D eigenvalue weighted by Crippen LogP contribution is 2.37. The fourth-order valence-corrected chi connectivity index (χ4v) is 3.35. The number of aryl methyl sites for hydroxylation is 1. The highest BCUT2D eigenvalue weighted by Gasteiger charge is 2.36. The standard InChI is InChI=1S/C22H21F3N4O2/c1-4-5-14-10-26-18-9-13(6-7-16(14)18)19-28-20(31-29-19)15-8-17(22(23,24)25)21(27-11-15)30-12(2)3/h6-12,26H,4-5H2,1-3H3. The molecule has 0 fully saturated rings. The largest absolute Gasteiger partial charge is 0.475 e. The van der Waals surface area contributed by atoms with Crippen molar-refractivity contribution in [2.45, 2.75) is 45.9 Å². The number of alkyl halides is 3. The van der Waals surface area contributed by atoms with E-state index in [-0.39, 0.29) is 17.3 Å². The summed E-state index contributed by atoms with van der Waals surface area (Å²) < 4.78 is 50.9. The molecule has 0 atom stereocenters. The lowest BCUT2D eigenvalue weighted by atomic mass is 10.1. The van der Waals surface area contributed by atoms with Gasteiger partial charge in [-0.15, -0.1) is 0 Å². The Balaban J connectivity index is 1.68. The van der Waals surface area contributed by atoms with E-state index in [4.69, 9.17) is 9.26 Å². The molecule has 0 unspecified atom stereocenters. The molecule has 0 aliphatic heterocycles. The Morgan fingerprint density at radius 2 is 1.97 bits per heavy atom. The quantitative estimate of drug-likeness (QED) is 0.404. The molecule has 0 amide bonds. The van der Waals surface area contributed by atoms with E-state index in [0.29, 0.717) is 5.56 Å². The Bertz CT molecular complexity index is 1210. The number of halogens is 3. The van der Waals surface area contributed by atoms with Crippen LogP contribution in [0.2, 0.25) is 0 Å². The zero-order valence-electron chi connectivity index (χ0n) is 17.2. The molecule has 6 nitrogen and oxygen atoms in total. The van der Waals surface area contributed by atoms with Crippen LogP contribution in [0.15, 0.2) is 41.2 Å². The van der Waals surface area contributed by atoms with Crippen molar-refractivity contribution in [3.05, 3.63) is 47.8 Å². The number of benzene rings is 1. The lowest BCUT2D eigenvalue weighted by Gasteiger charge is -2.15. The summed E-state index contributed by atoms with van der Waals surface area (Å²) in [6, 6.07) is 6.64. The number of aromatic amines is 1. The number of H-pyrrole nitrogens is 1. The molecular weight excluding hydrogens is 409 g/mol. The molecule has 4 rings (SSSR count). The van der Waals surface area contributed by atoms with Crippen molar-refractivity contribution in [2.75, 3.05) is 0 Å². The highest BCUT2D eigenvalue weighted by molar-refractivity contribution is 5.86. The third-order valence-electron chi connectivity index (χ3n) is 4.72. The summed E-state index contributed by atoms with van der Waals surface area (Å²) in [7, 11) is 0. The van der Waals surface area contributed by atoms with Crippen LogP contribution in [-0.2, 0) is 12.6 Å². The number of fused-ring (bicyclic) bond motifs is 1. The smallest absolute Gasteiger partial charge is 0.421 e. The van der Waals surface area contributed by atoms with E-state index in [1.807, 2.05) is 24.4 Å². The van der Waals surface area contributed by atoms with Gasteiger partial charge in [0.2, 0.25) is 11.7 Å². The van der Waals surface area contributed by atoms with Crippen LogP contribution in [-0.4, -0.2) is 26.2 Å². The van der Waals surface area contributed by atoms with Crippen LogP contribution < -0.4 is 4.74 Å². The SMILES string of the molecule is CCCc1c[nH]c2cc(-c3noc(-c4cnc(OC(C)C)c(C(F)(F)F)c4)n3)ccc12. The molecule has 0 aliphatic rings. The number of rotatable bonds is 6. The van der Waals surface area contributed by atoms with Gasteiger partial charge in [-0.25, -0.2) is 4.98 Å². The molecule has 4 aromatic rings. The Morgan fingerprint density at radius 1 is 1.16 bits per heavy atom. The lowest BCUT2D eigenvalue weighted by Crippen LogP contribution is -2.14. The molecule has 162 valence electrons. The van der Waals surface area contributed by atoms with Crippen LogP contribution >= 0.6 is 0 Å². The fraction of sp³-hybridized carbons (Fsp3) is 0.318. The molecule has 1 N–H and O–H groups in total. The van der Waals surface area contributed by atoms with E-state index in [1.54, 1.807) is 13.8 Å². The minimum Gasteiger partial charge on any atom is -0.475 e. The molecule has 0 saturated carbocycles. The lowest BCUT2D eigenvalue weighted by molar-refractivity contribution is -0.139. The maximum Gasteiger partial charge on any atom is 0.421 e. The van der Waals surface area contributed by atoms with Gasteiger partial charge in [0.05, 0.1) is 11.7 Å². The van der Waals surface area contributed by atoms with Crippen LogP contribution in [0.4, 0.5) is 13.2 Å². The molecule has 0 aliphatic carbocycles. The van der Waals surface area contributed by atoms with Gasteiger partial charge in [-0.3, -0.25) is 0 Å². The molecule has 0 saturated heterocycles. The number of hydrogen-bond acceptors (Lipinski definition) is 5. The van der Waals surface area contributed by atoms with E-state index in [9.17, 15) is 13.2 Å². The van der Waals surface area contributed by atoms with Crippen molar-refractivity contribution in [2.24, 2.45) is 0 Å². The first-order valence-electron chi connectivity index (χ1n) is 9.94. The third-order valence-corrected chi connectivity index (χ3v) is 4.72. The second-order valence-corrected chi connectivity index (χ2v) is 7.49. The van der Waals surface area contributed by atoms with E-state index in [1.165, 1.54) is 11.8 Å². The summed E-state index contributed by atoms with van der Waals surface area (Å²) in [4.78, 5) is 11.3. The Hall–Kier alpha value is -3.36. The molecule has 3 heterocycles. The Morgan fingerprint density at radius 3 is 2.68 bits per heavy atom. The predicted molar refractivity (Wildman–Crippen MR) is 110 cm³/mol. The molecule has 3 aromatic heterocycles. The number of ether oxygens (including phenoxy) is 1. The second kappa shape index (κ2) is 8.05. The molecule has 0 spiro atoms. The Labute approximate surface area is 176 Å². The fourth-order valence-electron chi connectivity index (χ4n) is 3.35. The number of aromatic nitrogens is 4. The van der Waals surface area contributed by atoms with Gasteiger partial charge in [0.25, 0.3) is 5.89 Å². The van der Waals surface area contributed by atoms with Gasteiger partial charge in [-0.05, 0) is 38.0 Å². The minimum atomic E-state index is -4.63. The summed E-state index contributed by atoms with van der Waals surface area (Å²) in [6.07, 6.45) is 0.134. The summed E-state index contributed by atoms with van der Waals surface area (Å²) in [5, 5.41) is 5.05. The first-order valence-corrected chi connectivity index (χ1v) is 9.94. The zero-order chi connectivity index (χ0) is 22.2. The number of hydrogen-bond donors (Lipinski definition) is 1. The van der Waals surface area contributed by atoms with Crippen LogP contribution in [0.5, 0.6) is 5.88 Å². The van der Waals surface area contributed by atoms with E-state index in [2.05, 4.69) is 27.0 Å². The van der Waals surface area contributed by atoms with Gasteiger partial charge in [0, 0.05) is 28.9 Å². The first-order chi connectivity index (χ1) is 14.8. The maximum absolute atomic E-state index is 13.5. The van der Waals surface area contributed by atoms with Crippen molar-refractivity contribution in [3.8, 4) is 28.7 Å². The summed E-state index contributed by atoms with van der Waals surface area (Å²) >= 11 is 0. The second-order valence-electron chi connectivity index (χ2n) is 7.49. The van der Waals surface area contributed by atoms with Crippen LogP contribution in [0.1, 0.15) is 38.3 Å². The minimum absolute atomic E-state index is 0.0534. The van der Waals surface area contributed by atoms with Gasteiger partial charge in [0.1, 0.15) is 5.56 Å². The van der Waals surface area contributed by atoms with E-state index >= 15 is 0 Å². The van der Waals surface area contributed by atoms with Gasteiger partial charge in [0.15, 0.2) is 0 Å². The molecule has 31 heavy (non-hydrogen) atoms. The normalized spacial score (nSPS) is 12.1. The van der Waals surface area contributed by atoms with Crippen molar-refractivity contribution < 1.29 is 22.4 Å². The van der Waals surface area contributed by atoms with E-state index < -0.39 is 23.7 Å². The average molecular weight is 430 g/mol. The van der Waals surface area contributed by atoms with Crippen molar-refractivity contribution >= 4 is 10.9 Å². The van der Waals surface area contributed by atoms with Crippen molar-refractivity contribution in [1.29, 1.82) is 0 Å². The van der Waals surface area contributed by atoms with E-state index in [0.717, 1.165) is 29.8 Å². The van der Waals surface area contributed by atoms with Gasteiger partial charge >= 0.3 is 6.18 Å². The summed E-state index contributed by atoms with van der Waals surface area (Å²) in [6.45, 7) is 5.38. The van der Waals surface area contributed by atoms with Crippen LogP contribution in [0.25, 0.3) is 33.7 Å². The van der Waals surface area contributed by atoms with Gasteiger partial charge in [-0.2, -0.15) is 18.2 Å². The Kier molecular flexibility index (Phi) is 5.43. The number of nitrogens with zero attached hydrogens (tertiary/aromatic N) is 3. The number of nitrogens with one attached hydrogen (secondary N) is 1. The topological polar surface area (TPSA) is 76.8 Å². The molecular formula is C22H21F3N4O2. The zero-order valence-corrected chi connectivity index (χ0v) is 17.2. The summed E-state index contributed by atoms with van der Waals surface area (Å²) in [5.41, 5.74) is 1.93. The summed E-state index contributed by atoms with van der Waals surface area (Å²) in [5.74, 6) is -0.256. The predicted octanol–water partition coefficient (Wildman–Crippen LogP) is 6.04. The van der Waals surface area contributed by atoms with Crippen LogP contribution in [0, 0.1) is 0 Å². The average Bonchev–Trinajstić information content (AvgIpc) is 3.35. The van der Waals surface area contributed by atoms with Crippen molar-refractivity contribution in [1.82, 2.24) is 20.1 Å². The van der Waals surface area contributed by atoms with Crippen molar-refractivity contribution in [3.63, 3.8) is 0 Å².